The zero-order chi connectivity index (χ0) is 14.1. The van der Waals surface area contributed by atoms with Crippen molar-refractivity contribution in [1.29, 1.82) is 0 Å². The van der Waals surface area contributed by atoms with Crippen molar-refractivity contribution in [3.8, 4) is 0 Å². The fourth-order valence-corrected chi connectivity index (χ4v) is 2.77. The number of carbonyl (C=O) groups excluding carboxylic acids is 1. The van der Waals surface area contributed by atoms with Crippen molar-refractivity contribution in [2.24, 2.45) is 11.8 Å². The van der Waals surface area contributed by atoms with Crippen molar-refractivity contribution in [3.63, 3.8) is 0 Å². The molecule has 3 rings (SSSR count). The van der Waals surface area contributed by atoms with Crippen molar-refractivity contribution in [1.82, 2.24) is 16.2 Å². The molecule has 20 heavy (non-hydrogen) atoms. The summed E-state index contributed by atoms with van der Waals surface area (Å²) in [6.07, 6.45) is 2.42. The van der Waals surface area contributed by atoms with Crippen LogP contribution in [-0.2, 0) is 4.79 Å². The first kappa shape index (κ1) is 13.5. The molecule has 2 aliphatic rings. The van der Waals surface area contributed by atoms with E-state index in [1.54, 1.807) is 12.1 Å². The predicted octanol–water partition coefficient (Wildman–Crippen LogP) is 1.51. The lowest BCUT2D eigenvalue weighted by atomic mass is 9.94. The largest absolute Gasteiger partial charge is 0.353 e. The first-order valence-corrected chi connectivity index (χ1v) is 7.19. The summed E-state index contributed by atoms with van der Waals surface area (Å²) in [6.45, 7) is 2.66. The normalized spacial score (nSPS) is 27.3. The van der Waals surface area contributed by atoms with Crippen molar-refractivity contribution in [3.05, 3.63) is 35.6 Å². The van der Waals surface area contributed by atoms with Crippen LogP contribution in [0.1, 0.15) is 31.4 Å². The molecule has 1 amide bonds. The average Bonchev–Trinajstić information content (AvgIpc) is 3.17. The second-order valence-corrected chi connectivity index (χ2v) is 5.80. The Labute approximate surface area is 118 Å². The summed E-state index contributed by atoms with van der Waals surface area (Å²) < 4.78 is 13.0. The first-order valence-electron chi connectivity index (χ1n) is 7.19. The fourth-order valence-electron chi connectivity index (χ4n) is 2.77. The molecule has 1 aliphatic heterocycles. The number of hydrazine groups is 1. The summed E-state index contributed by atoms with van der Waals surface area (Å²) in [4.78, 5) is 12.4. The maximum atomic E-state index is 13.0. The van der Waals surface area contributed by atoms with Gasteiger partial charge in [0, 0.05) is 12.6 Å². The maximum absolute atomic E-state index is 13.0. The van der Waals surface area contributed by atoms with Crippen LogP contribution in [0.25, 0.3) is 0 Å². The van der Waals surface area contributed by atoms with Crippen LogP contribution < -0.4 is 16.2 Å². The number of hydrogen-bond donors (Lipinski definition) is 3. The minimum absolute atomic E-state index is 0.0659. The summed E-state index contributed by atoms with van der Waals surface area (Å²) in [5.74, 6) is 0.284. The number of amides is 1. The summed E-state index contributed by atoms with van der Waals surface area (Å²) >= 11 is 0. The monoisotopic (exact) mass is 277 g/mol. The third-order valence-electron chi connectivity index (χ3n) is 4.25. The van der Waals surface area contributed by atoms with Gasteiger partial charge in [-0.25, -0.2) is 9.82 Å². The molecule has 1 saturated heterocycles. The molecule has 0 radical (unpaired) electrons. The van der Waals surface area contributed by atoms with Crippen LogP contribution in [0.15, 0.2) is 24.3 Å². The van der Waals surface area contributed by atoms with Crippen LogP contribution in [0, 0.1) is 17.7 Å². The number of benzene rings is 1. The van der Waals surface area contributed by atoms with E-state index in [0.717, 1.165) is 5.56 Å². The van der Waals surface area contributed by atoms with Crippen LogP contribution in [0.5, 0.6) is 0 Å². The van der Waals surface area contributed by atoms with E-state index in [4.69, 9.17) is 0 Å². The van der Waals surface area contributed by atoms with Gasteiger partial charge in [0.1, 0.15) is 5.82 Å². The first-order chi connectivity index (χ1) is 9.65. The second kappa shape index (κ2) is 5.50. The SMILES string of the molecule is CC(NC(=O)C1CNNC1c1ccc(F)cc1)C1CC1. The van der Waals surface area contributed by atoms with E-state index < -0.39 is 0 Å². The Balaban J connectivity index is 1.68. The van der Waals surface area contributed by atoms with Gasteiger partial charge in [-0.05, 0) is 43.4 Å². The molecule has 108 valence electrons. The smallest absolute Gasteiger partial charge is 0.226 e. The molecule has 1 heterocycles. The van der Waals surface area contributed by atoms with Gasteiger partial charge in [0.15, 0.2) is 0 Å². The Morgan fingerprint density at radius 3 is 2.70 bits per heavy atom. The average molecular weight is 277 g/mol. The van der Waals surface area contributed by atoms with Crippen molar-refractivity contribution in [2.75, 3.05) is 6.54 Å². The summed E-state index contributed by atoms with van der Waals surface area (Å²) in [6, 6.07) is 6.45. The molecule has 1 aromatic rings. The number of rotatable bonds is 4. The molecular weight excluding hydrogens is 257 g/mol. The molecule has 3 atom stereocenters. The van der Waals surface area contributed by atoms with Gasteiger partial charge in [0.2, 0.25) is 5.91 Å². The van der Waals surface area contributed by atoms with Crippen LogP contribution in [-0.4, -0.2) is 18.5 Å². The summed E-state index contributed by atoms with van der Waals surface area (Å²) in [5, 5.41) is 3.10. The Morgan fingerprint density at radius 2 is 2.05 bits per heavy atom. The van der Waals surface area contributed by atoms with Gasteiger partial charge in [-0.2, -0.15) is 0 Å². The minimum atomic E-state index is -0.261. The standard InChI is InChI=1S/C15H20FN3O/c1-9(10-2-3-10)18-15(20)13-8-17-19-14(13)11-4-6-12(16)7-5-11/h4-7,9-10,13-14,17,19H,2-3,8H2,1H3,(H,18,20). The Bertz CT molecular complexity index is 486. The highest BCUT2D eigenvalue weighted by molar-refractivity contribution is 5.80. The number of carbonyl (C=O) groups is 1. The molecule has 3 N–H and O–H groups in total. The molecule has 1 aliphatic carbocycles. The van der Waals surface area contributed by atoms with E-state index in [-0.39, 0.29) is 29.7 Å². The van der Waals surface area contributed by atoms with Crippen LogP contribution >= 0.6 is 0 Å². The molecule has 1 aromatic carbocycles. The van der Waals surface area contributed by atoms with Crippen LogP contribution in [0.4, 0.5) is 4.39 Å². The highest BCUT2D eigenvalue weighted by atomic mass is 19.1. The van der Waals surface area contributed by atoms with E-state index in [9.17, 15) is 9.18 Å². The Morgan fingerprint density at radius 1 is 1.35 bits per heavy atom. The summed E-state index contributed by atoms with van der Waals surface area (Å²) in [5.41, 5.74) is 7.06. The van der Waals surface area contributed by atoms with Gasteiger partial charge in [0.25, 0.3) is 0 Å². The van der Waals surface area contributed by atoms with E-state index >= 15 is 0 Å². The molecule has 0 aromatic heterocycles. The van der Waals surface area contributed by atoms with Crippen molar-refractivity contribution >= 4 is 5.91 Å². The quantitative estimate of drug-likeness (QED) is 0.782. The van der Waals surface area contributed by atoms with Gasteiger partial charge in [-0.1, -0.05) is 12.1 Å². The zero-order valence-corrected chi connectivity index (χ0v) is 11.5. The van der Waals surface area contributed by atoms with E-state index in [1.807, 2.05) is 0 Å². The van der Waals surface area contributed by atoms with Gasteiger partial charge < -0.3 is 5.32 Å². The topological polar surface area (TPSA) is 53.2 Å². The lowest BCUT2D eigenvalue weighted by molar-refractivity contribution is -0.125. The van der Waals surface area contributed by atoms with Crippen LogP contribution in [0.3, 0.4) is 0 Å². The van der Waals surface area contributed by atoms with Gasteiger partial charge in [-0.15, -0.1) is 0 Å². The highest BCUT2D eigenvalue weighted by Crippen LogP contribution is 2.33. The van der Waals surface area contributed by atoms with Crippen molar-refractivity contribution in [2.45, 2.75) is 31.8 Å². The minimum Gasteiger partial charge on any atom is -0.353 e. The van der Waals surface area contributed by atoms with E-state index in [0.29, 0.717) is 12.5 Å². The lowest BCUT2D eigenvalue weighted by Crippen LogP contribution is -2.40. The predicted molar refractivity (Wildman–Crippen MR) is 74.1 cm³/mol. The van der Waals surface area contributed by atoms with Crippen LogP contribution in [0.2, 0.25) is 0 Å². The van der Waals surface area contributed by atoms with E-state index in [2.05, 4.69) is 23.1 Å². The molecule has 4 nitrogen and oxygen atoms in total. The number of hydrogen-bond acceptors (Lipinski definition) is 3. The molecular formula is C15H20FN3O. The molecule has 0 bridgehead atoms. The van der Waals surface area contributed by atoms with E-state index in [1.165, 1.54) is 25.0 Å². The third kappa shape index (κ3) is 2.83. The third-order valence-corrected chi connectivity index (χ3v) is 4.25. The number of halogens is 1. The fraction of sp³-hybridized carbons (Fsp3) is 0.533. The molecule has 2 fully saturated rings. The van der Waals surface area contributed by atoms with Crippen molar-refractivity contribution < 1.29 is 9.18 Å². The summed E-state index contributed by atoms with van der Waals surface area (Å²) in [7, 11) is 0. The lowest BCUT2D eigenvalue weighted by Gasteiger charge is -2.21. The molecule has 1 saturated carbocycles. The van der Waals surface area contributed by atoms with Gasteiger partial charge in [-0.3, -0.25) is 10.2 Å². The molecule has 5 heteroatoms. The maximum Gasteiger partial charge on any atom is 0.226 e. The Kier molecular flexibility index (Phi) is 3.72. The Hall–Kier alpha value is -1.46. The number of nitrogens with one attached hydrogen (secondary N) is 3. The highest BCUT2D eigenvalue weighted by Gasteiger charge is 2.36. The molecule has 0 spiro atoms. The van der Waals surface area contributed by atoms with Gasteiger partial charge in [0.05, 0.1) is 12.0 Å². The second-order valence-electron chi connectivity index (χ2n) is 5.80. The molecule has 3 unspecified atom stereocenters. The zero-order valence-electron chi connectivity index (χ0n) is 11.5. The van der Waals surface area contributed by atoms with Gasteiger partial charge >= 0.3 is 0 Å².